The smallest absolute Gasteiger partial charge is 0.227 e. The van der Waals surface area contributed by atoms with E-state index in [-0.39, 0.29) is 11.8 Å². The molecule has 3 rings (SSSR count). The molecule has 3 aromatic rings. The van der Waals surface area contributed by atoms with Crippen LogP contribution in [0.3, 0.4) is 0 Å². The number of nitrogens with zero attached hydrogens (tertiary/aromatic N) is 1. The third-order valence-corrected chi connectivity index (χ3v) is 5.82. The van der Waals surface area contributed by atoms with E-state index in [1.54, 1.807) is 7.11 Å². The Labute approximate surface area is 179 Å². The van der Waals surface area contributed by atoms with E-state index in [0.717, 1.165) is 41.7 Å². The van der Waals surface area contributed by atoms with Crippen molar-refractivity contribution >= 4 is 16.7 Å². The number of amides is 1. The van der Waals surface area contributed by atoms with Gasteiger partial charge in [0.15, 0.2) is 0 Å². The molecule has 0 aromatic heterocycles. The van der Waals surface area contributed by atoms with E-state index in [9.17, 15) is 4.79 Å². The van der Waals surface area contributed by atoms with E-state index < -0.39 is 0 Å². The van der Waals surface area contributed by atoms with Gasteiger partial charge in [-0.2, -0.15) is 0 Å². The van der Waals surface area contributed by atoms with Gasteiger partial charge in [0.05, 0.1) is 13.0 Å². The summed E-state index contributed by atoms with van der Waals surface area (Å²) in [5, 5.41) is 5.35. The van der Waals surface area contributed by atoms with Crippen molar-refractivity contribution in [1.82, 2.24) is 10.2 Å². The second kappa shape index (κ2) is 10.3. The Hall–Kier alpha value is -2.85. The Morgan fingerprint density at radius 2 is 1.63 bits per heavy atom. The summed E-state index contributed by atoms with van der Waals surface area (Å²) in [4.78, 5) is 15.2. The molecule has 0 aliphatic rings. The molecule has 4 nitrogen and oxygen atoms in total. The van der Waals surface area contributed by atoms with Crippen molar-refractivity contribution < 1.29 is 9.53 Å². The highest BCUT2D eigenvalue weighted by atomic mass is 16.5. The van der Waals surface area contributed by atoms with Crippen LogP contribution in [0.2, 0.25) is 0 Å². The van der Waals surface area contributed by atoms with Crippen LogP contribution < -0.4 is 10.1 Å². The molecule has 3 aromatic carbocycles. The van der Waals surface area contributed by atoms with Crippen molar-refractivity contribution in [1.29, 1.82) is 0 Å². The minimum Gasteiger partial charge on any atom is -0.497 e. The van der Waals surface area contributed by atoms with Gasteiger partial charge in [0.1, 0.15) is 5.75 Å². The zero-order chi connectivity index (χ0) is 21.5. The van der Waals surface area contributed by atoms with Gasteiger partial charge in [-0.25, -0.2) is 0 Å². The molecule has 4 heteroatoms. The van der Waals surface area contributed by atoms with E-state index in [4.69, 9.17) is 4.74 Å². The number of benzene rings is 3. The fourth-order valence-corrected chi connectivity index (χ4v) is 3.70. The predicted octanol–water partition coefficient (Wildman–Crippen LogP) is 5.11. The number of hydrogen-bond acceptors (Lipinski definition) is 3. The monoisotopic (exact) mass is 404 g/mol. The lowest BCUT2D eigenvalue weighted by Crippen LogP contribution is -2.29. The lowest BCUT2D eigenvalue weighted by Gasteiger charge is -2.20. The largest absolute Gasteiger partial charge is 0.497 e. The van der Waals surface area contributed by atoms with Gasteiger partial charge in [-0.1, -0.05) is 62.4 Å². The van der Waals surface area contributed by atoms with Gasteiger partial charge >= 0.3 is 0 Å². The van der Waals surface area contributed by atoms with Crippen LogP contribution in [0.15, 0.2) is 60.7 Å². The summed E-state index contributed by atoms with van der Waals surface area (Å²) in [5.41, 5.74) is 3.46. The Morgan fingerprint density at radius 1 is 0.967 bits per heavy atom. The van der Waals surface area contributed by atoms with Crippen LogP contribution in [-0.2, 0) is 17.9 Å². The molecule has 0 fully saturated rings. The molecule has 0 saturated heterocycles. The summed E-state index contributed by atoms with van der Waals surface area (Å²) in [7, 11) is 1.67. The van der Waals surface area contributed by atoms with Crippen LogP contribution in [0.1, 0.15) is 43.4 Å². The first-order chi connectivity index (χ1) is 14.5. The van der Waals surface area contributed by atoms with E-state index in [1.165, 1.54) is 11.1 Å². The second-order valence-corrected chi connectivity index (χ2v) is 7.64. The van der Waals surface area contributed by atoms with Crippen LogP contribution in [0.25, 0.3) is 10.8 Å². The van der Waals surface area contributed by atoms with E-state index >= 15 is 0 Å². The quantitative estimate of drug-likeness (QED) is 0.539. The molecule has 0 heterocycles. The second-order valence-electron chi connectivity index (χ2n) is 7.64. The fraction of sp³-hybridized carbons (Fsp3) is 0.346. The number of carbonyl (C=O) groups is 1. The van der Waals surface area contributed by atoms with Crippen LogP contribution in [-0.4, -0.2) is 31.0 Å². The summed E-state index contributed by atoms with van der Waals surface area (Å²) in [5.74, 6) is 0.663. The number of methoxy groups -OCH3 is 1. The van der Waals surface area contributed by atoms with Crippen molar-refractivity contribution in [3.8, 4) is 5.75 Å². The van der Waals surface area contributed by atoms with Crippen molar-refractivity contribution in [3.63, 3.8) is 0 Å². The molecule has 1 atom stereocenters. The minimum absolute atomic E-state index is 0.0421. The molecule has 0 aliphatic carbocycles. The van der Waals surface area contributed by atoms with Gasteiger partial charge in [-0.15, -0.1) is 0 Å². The molecular formula is C26H32N2O2. The maximum absolute atomic E-state index is 12.9. The van der Waals surface area contributed by atoms with Crippen LogP contribution in [0.5, 0.6) is 5.75 Å². The van der Waals surface area contributed by atoms with Crippen molar-refractivity contribution in [3.05, 3.63) is 77.4 Å². The van der Waals surface area contributed by atoms with Crippen molar-refractivity contribution in [2.75, 3.05) is 20.2 Å². The number of nitrogens with one attached hydrogen (secondary N) is 1. The standard InChI is InChI=1S/C26H32N2O2/c1-5-28(6-2)18-24-10-8-7-9-23(24)17-27-26(29)19(3)20-11-12-22-16-25(30-4)14-13-21(22)15-20/h7-16,19H,5-6,17-18H2,1-4H3,(H,27,29)/t19-/m0/s1. The summed E-state index contributed by atoms with van der Waals surface area (Å²) in [6, 6.07) is 20.5. The Kier molecular flexibility index (Phi) is 7.47. The highest BCUT2D eigenvalue weighted by Gasteiger charge is 2.16. The lowest BCUT2D eigenvalue weighted by atomic mass is 9.96. The maximum atomic E-state index is 12.9. The fourth-order valence-electron chi connectivity index (χ4n) is 3.70. The van der Waals surface area contributed by atoms with Gasteiger partial charge in [-0.05, 0) is 59.6 Å². The Morgan fingerprint density at radius 3 is 2.33 bits per heavy atom. The van der Waals surface area contributed by atoms with Gasteiger partial charge in [0.2, 0.25) is 5.91 Å². The molecule has 1 amide bonds. The number of fused-ring (bicyclic) bond motifs is 1. The Balaban J connectivity index is 1.69. The number of carbonyl (C=O) groups excluding carboxylic acids is 1. The van der Waals surface area contributed by atoms with Gasteiger partial charge < -0.3 is 10.1 Å². The molecule has 158 valence electrons. The molecule has 0 radical (unpaired) electrons. The SMILES string of the molecule is CCN(CC)Cc1ccccc1CNC(=O)[C@@H](C)c1ccc2cc(OC)ccc2c1. The molecule has 30 heavy (non-hydrogen) atoms. The first-order valence-electron chi connectivity index (χ1n) is 10.7. The summed E-state index contributed by atoms with van der Waals surface area (Å²) in [6.45, 7) is 9.80. The minimum atomic E-state index is -0.216. The average molecular weight is 405 g/mol. The van der Waals surface area contributed by atoms with Crippen LogP contribution in [0.4, 0.5) is 0 Å². The number of ether oxygens (including phenoxy) is 1. The zero-order valence-corrected chi connectivity index (χ0v) is 18.4. The van der Waals surface area contributed by atoms with Crippen molar-refractivity contribution in [2.45, 2.75) is 39.8 Å². The number of hydrogen-bond donors (Lipinski definition) is 1. The summed E-state index contributed by atoms with van der Waals surface area (Å²) < 4.78 is 5.29. The van der Waals surface area contributed by atoms with Gasteiger partial charge in [0, 0.05) is 13.1 Å². The van der Waals surface area contributed by atoms with Crippen LogP contribution >= 0.6 is 0 Å². The molecule has 0 unspecified atom stereocenters. The van der Waals surface area contributed by atoms with Crippen molar-refractivity contribution in [2.24, 2.45) is 0 Å². The lowest BCUT2D eigenvalue weighted by molar-refractivity contribution is -0.122. The molecule has 0 bridgehead atoms. The maximum Gasteiger partial charge on any atom is 0.227 e. The highest BCUT2D eigenvalue weighted by Crippen LogP contribution is 2.25. The predicted molar refractivity (Wildman–Crippen MR) is 124 cm³/mol. The first kappa shape index (κ1) is 21.8. The molecular weight excluding hydrogens is 372 g/mol. The number of rotatable bonds is 9. The molecule has 0 aliphatic heterocycles. The molecule has 0 spiro atoms. The molecule has 0 saturated carbocycles. The topological polar surface area (TPSA) is 41.6 Å². The van der Waals surface area contributed by atoms with E-state index in [0.29, 0.717) is 6.54 Å². The highest BCUT2D eigenvalue weighted by molar-refractivity contribution is 5.88. The summed E-state index contributed by atoms with van der Waals surface area (Å²) >= 11 is 0. The van der Waals surface area contributed by atoms with Gasteiger partial charge in [0.25, 0.3) is 0 Å². The van der Waals surface area contributed by atoms with E-state index in [1.807, 2.05) is 37.3 Å². The zero-order valence-electron chi connectivity index (χ0n) is 18.4. The van der Waals surface area contributed by atoms with Crippen LogP contribution in [0, 0.1) is 0 Å². The first-order valence-corrected chi connectivity index (χ1v) is 10.7. The summed E-state index contributed by atoms with van der Waals surface area (Å²) in [6.07, 6.45) is 0. The third-order valence-electron chi connectivity index (χ3n) is 5.82. The molecule has 1 N–H and O–H groups in total. The van der Waals surface area contributed by atoms with E-state index in [2.05, 4.69) is 54.4 Å². The average Bonchev–Trinajstić information content (AvgIpc) is 2.80. The Bertz CT molecular complexity index is 995. The normalized spacial score (nSPS) is 12.2. The van der Waals surface area contributed by atoms with Gasteiger partial charge in [-0.3, -0.25) is 9.69 Å². The third kappa shape index (κ3) is 5.19.